The lowest BCUT2D eigenvalue weighted by molar-refractivity contribution is -0.154. The fraction of sp³-hybridized carbons (Fsp3) is 0.714. The summed E-state index contributed by atoms with van der Waals surface area (Å²) >= 11 is 0. The van der Waals surface area contributed by atoms with Gasteiger partial charge in [-0.2, -0.15) is 0 Å². The monoisotopic (exact) mass is 254 g/mol. The van der Waals surface area contributed by atoms with Crippen LogP contribution in [0.4, 0.5) is 0 Å². The summed E-state index contributed by atoms with van der Waals surface area (Å²) < 4.78 is 10.5. The lowest BCUT2D eigenvalue weighted by Gasteiger charge is -2.29. The fourth-order valence-electron chi connectivity index (χ4n) is 2.66. The molecule has 0 saturated carbocycles. The average molecular weight is 254 g/mol. The molecule has 0 unspecified atom stereocenters. The summed E-state index contributed by atoms with van der Waals surface area (Å²) in [6, 6.07) is 0. The molecular formula is C14H22O4. The minimum absolute atomic E-state index is 0.296. The Balaban J connectivity index is 3.23. The van der Waals surface area contributed by atoms with Crippen LogP contribution in [-0.2, 0) is 19.1 Å². The van der Waals surface area contributed by atoms with Crippen LogP contribution in [0.15, 0.2) is 11.6 Å². The number of allylic oxidation sites excluding steroid dienone is 1. The van der Waals surface area contributed by atoms with Gasteiger partial charge in [-0.1, -0.05) is 5.57 Å². The Labute approximate surface area is 108 Å². The second-order valence-electron chi connectivity index (χ2n) is 5.70. The molecule has 1 rings (SSSR count). The fourth-order valence-corrected chi connectivity index (χ4v) is 2.66. The third-order valence-electron chi connectivity index (χ3n) is 3.23. The van der Waals surface area contributed by atoms with E-state index < -0.39 is 16.9 Å². The molecule has 1 fully saturated rings. The molecule has 2 atom stereocenters. The Morgan fingerprint density at radius 2 is 1.94 bits per heavy atom. The second kappa shape index (κ2) is 4.75. The first-order valence-electron chi connectivity index (χ1n) is 6.21. The van der Waals surface area contributed by atoms with Crippen molar-refractivity contribution in [3.05, 3.63) is 11.6 Å². The largest absolute Gasteiger partial charge is 0.466 e. The van der Waals surface area contributed by atoms with E-state index in [2.05, 4.69) is 0 Å². The number of hydrogen-bond donors (Lipinski definition) is 0. The van der Waals surface area contributed by atoms with Crippen LogP contribution in [-0.4, -0.2) is 24.1 Å². The lowest BCUT2D eigenvalue weighted by Crippen LogP contribution is -2.42. The van der Waals surface area contributed by atoms with Crippen molar-refractivity contribution < 1.29 is 19.1 Å². The van der Waals surface area contributed by atoms with Crippen LogP contribution in [0.25, 0.3) is 0 Å². The summed E-state index contributed by atoms with van der Waals surface area (Å²) in [6.07, 6.45) is 1.82. The molecule has 0 aromatic rings. The average Bonchev–Trinajstić information content (AvgIpc) is 2.31. The van der Waals surface area contributed by atoms with Crippen molar-refractivity contribution in [3.63, 3.8) is 0 Å². The van der Waals surface area contributed by atoms with Crippen molar-refractivity contribution in [3.8, 4) is 0 Å². The molecule has 0 aromatic carbocycles. The number of carbonyl (C=O) groups excluding carboxylic acids is 2. The number of carbonyl (C=O) groups is 2. The van der Waals surface area contributed by atoms with E-state index in [0.29, 0.717) is 6.61 Å². The zero-order valence-electron chi connectivity index (χ0n) is 12.0. The molecular weight excluding hydrogens is 232 g/mol. The molecule has 18 heavy (non-hydrogen) atoms. The third kappa shape index (κ3) is 2.42. The minimum atomic E-state index is -0.925. The predicted molar refractivity (Wildman–Crippen MR) is 67.8 cm³/mol. The van der Waals surface area contributed by atoms with Gasteiger partial charge in [0.2, 0.25) is 0 Å². The maximum atomic E-state index is 12.1. The highest BCUT2D eigenvalue weighted by atomic mass is 16.6. The highest BCUT2D eigenvalue weighted by molar-refractivity contribution is 5.89. The number of rotatable bonds is 3. The number of hydrogen-bond acceptors (Lipinski definition) is 4. The third-order valence-corrected chi connectivity index (χ3v) is 3.23. The van der Waals surface area contributed by atoms with Crippen LogP contribution >= 0.6 is 0 Å². The summed E-state index contributed by atoms with van der Waals surface area (Å²) in [7, 11) is 0. The predicted octanol–water partition coefficient (Wildman–Crippen LogP) is 2.47. The van der Waals surface area contributed by atoms with E-state index >= 15 is 0 Å². The summed E-state index contributed by atoms with van der Waals surface area (Å²) in [5, 5.41) is 0. The van der Waals surface area contributed by atoms with Gasteiger partial charge in [0, 0.05) is 0 Å². The highest BCUT2D eigenvalue weighted by Crippen LogP contribution is 2.47. The van der Waals surface area contributed by atoms with Crippen molar-refractivity contribution in [1.82, 2.24) is 0 Å². The molecule has 1 saturated heterocycles. The number of ether oxygens (including phenoxy) is 2. The van der Waals surface area contributed by atoms with Crippen molar-refractivity contribution in [1.29, 1.82) is 0 Å². The van der Waals surface area contributed by atoms with Crippen LogP contribution < -0.4 is 0 Å². The van der Waals surface area contributed by atoms with Gasteiger partial charge >= 0.3 is 11.9 Å². The normalized spacial score (nSPS) is 29.7. The van der Waals surface area contributed by atoms with Gasteiger partial charge < -0.3 is 9.47 Å². The molecule has 0 aliphatic carbocycles. The zero-order valence-corrected chi connectivity index (χ0v) is 12.0. The van der Waals surface area contributed by atoms with Crippen LogP contribution in [0.5, 0.6) is 0 Å². The molecule has 1 aliphatic rings. The molecule has 102 valence electrons. The van der Waals surface area contributed by atoms with Crippen LogP contribution in [0, 0.1) is 11.3 Å². The van der Waals surface area contributed by atoms with Gasteiger partial charge in [0.05, 0.1) is 12.0 Å². The first-order chi connectivity index (χ1) is 8.15. The van der Waals surface area contributed by atoms with E-state index in [0.717, 1.165) is 5.57 Å². The van der Waals surface area contributed by atoms with Gasteiger partial charge in [-0.05, 0) is 47.6 Å². The standard InChI is InChI=1S/C14H22O4/c1-7-17-11(15)10-13(4,5)12(16)18-14(10,6)8-9(2)3/h8,10H,7H2,1-6H3/t10-,14-/m0/s1. The van der Waals surface area contributed by atoms with E-state index in [1.165, 1.54) is 0 Å². The summed E-state index contributed by atoms with van der Waals surface area (Å²) in [5.41, 5.74) is -0.796. The molecule has 0 amide bonds. The van der Waals surface area contributed by atoms with E-state index in [4.69, 9.17) is 9.47 Å². The molecule has 4 nitrogen and oxygen atoms in total. The zero-order chi connectivity index (χ0) is 14.1. The molecule has 0 bridgehead atoms. The Morgan fingerprint density at radius 1 is 1.39 bits per heavy atom. The van der Waals surface area contributed by atoms with Gasteiger partial charge in [-0.3, -0.25) is 9.59 Å². The number of esters is 2. The topological polar surface area (TPSA) is 52.6 Å². The Kier molecular flexibility index (Phi) is 3.89. The molecule has 0 N–H and O–H groups in total. The van der Waals surface area contributed by atoms with Crippen LogP contribution in [0.2, 0.25) is 0 Å². The van der Waals surface area contributed by atoms with Gasteiger partial charge in [0.15, 0.2) is 0 Å². The van der Waals surface area contributed by atoms with Crippen LogP contribution in [0.3, 0.4) is 0 Å². The van der Waals surface area contributed by atoms with E-state index in [-0.39, 0.29) is 11.9 Å². The first kappa shape index (κ1) is 14.7. The van der Waals surface area contributed by atoms with Gasteiger partial charge in [0.1, 0.15) is 11.5 Å². The van der Waals surface area contributed by atoms with Crippen LogP contribution in [0.1, 0.15) is 41.5 Å². The lowest BCUT2D eigenvalue weighted by atomic mass is 9.72. The summed E-state index contributed by atoms with van der Waals surface area (Å²) in [4.78, 5) is 24.1. The highest BCUT2D eigenvalue weighted by Gasteiger charge is 2.61. The summed E-state index contributed by atoms with van der Waals surface area (Å²) in [5.74, 6) is -1.36. The molecule has 0 radical (unpaired) electrons. The van der Waals surface area contributed by atoms with Crippen molar-refractivity contribution >= 4 is 11.9 Å². The SMILES string of the molecule is CCOC(=O)[C@H]1C(C)(C)C(=O)O[C@@]1(C)C=C(C)C. The molecule has 1 aliphatic heterocycles. The van der Waals surface area contributed by atoms with Crippen molar-refractivity contribution in [2.24, 2.45) is 11.3 Å². The van der Waals surface area contributed by atoms with Crippen molar-refractivity contribution in [2.75, 3.05) is 6.61 Å². The van der Waals surface area contributed by atoms with Crippen molar-refractivity contribution in [2.45, 2.75) is 47.1 Å². The number of cyclic esters (lactones) is 1. The van der Waals surface area contributed by atoms with E-state index in [9.17, 15) is 9.59 Å². The molecule has 0 aromatic heterocycles. The minimum Gasteiger partial charge on any atom is -0.466 e. The maximum Gasteiger partial charge on any atom is 0.314 e. The summed E-state index contributed by atoms with van der Waals surface area (Å²) in [6.45, 7) is 11.1. The molecule has 0 spiro atoms. The first-order valence-corrected chi connectivity index (χ1v) is 6.21. The second-order valence-corrected chi connectivity index (χ2v) is 5.70. The Hall–Kier alpha value is -1.32. The van der Waals surface area contributed by atoms with Gasteiger partial charge in [0.25, 0.3) is 0 Å². The molecule has 4 heteroatoms. The molecule has 1 heterocycles. The smallest absolute Gasteiger partial charge is 0.314 e. The van der Waals surface area contributed by atoms with Gasteiger partial charge in [-0.15, -0.1) is 0 Å². The Bertz CT molecular complexity index is 391. The Morgan fingerprint density at radius 3 is 2.39 bits per heavy atom. The quantitative estimate of drug-likeness (QED) is 0.573. The van der Waals surface area contributed by atoms with E-state index in [1.807, 2.05) is 19.9 Å². The van der Waals surface area contributed by atoms with E-state index in [1.54, 1.807) is 27.7 Å². The van der Waals surface area contributed by atoms with Gasteiger partial charge in [-0.25, -0.2) is 0 Å². The maximum absolute atomic E-state index is 12.1.